The highest BCUT2D eigenvalue weighted by molar-refractivity contribution is 7.18. The predicted octanol–water partition coefficient (Wildman–Crippen LogP) is 4.97. The molecule has 4 rings (SSSR count). The highest BCUT2D eigenvalue weighted by atomic mass is 32.1. The number of thiophene rings is 1. The average molecular weight is 442 g/mol. The van der Waals surface area contributed by atoms with Crippen LogP contribution in [0.5, 0.6) is 0 Å². The third-order valence-electron chi connectivity index (χ3n) is 4.98. The van der Waals surface area contributed by atoms with Gasteiger partial charge in [-0.3, -0.25) is 9.59 Å². The Morgan fingerprint density at radius 3 is 2.76 bits per heavy atom. The van der Waals surface area contributed by atoms with Crippen LogP contribution in [-0.2, 0) is 33.5 Å². The maximum atomic E-state index is 13.0. The van der Waals surface area contributed by atoms with Crippen molar-refractivity contribution >= 4 is 39.9 Å². The van der Waals surface area contributed by atoms with E-state index < -0.39 is 11.9 Å². The van der Waals surface area contributed by atoms with Gasteiger partial charge in [0.2, 0.25) is 0 Å². The lowest BCUT2D eigenvalue weighted by Crippen LogP contribution is -2.18. The van der Waals surface area contributed by atoms with Gasteiger partial charge < -0.3 is 10.1 Å². The van der Waals surface area contributed by atoms with Gasteiger partial charge in [-0.2, -0.15) is 13.2 Å². The first kappa shape index (κ1) is 20.2. The van der Waals surface area contributed by atoms with Crippen LogP contribution in [0.1, 0.15) is 41.8 Å². The van der Waals surface area contributed by atoms with E-state index in [0.29, 0.717) is 54.2 Å². The van der Waals surface area contributed by atoms with Gasteiger partial charge in [-0.1, -0.05) is 0 Å². The summed E-state index contributed by atoms with van der Waals surface area (Å²) in [5.41, 5.74) is 1.41. The minimum atomic E-state index is -4.52. The topological polar surface area (TPSA) is 68.3 Å². The van der Waals surface area contributed by atoms with Crippen molar-refractivity contribution in [2.75, 3.05) is 11.9 Å². The van der Waals surface area contributed by atoms with Crippen molar-refractivity contribution in [3.63, 3.8) is 0 Å². The fourth-order valence-electron chi connectivity index (χ4n) is 3.56. The summed E-state index contributed by atoms with van der Waals surface area (Å²) < 4.78 is 44.6. The third kappa shape index (κ3) is 4.01. The average Bonchev–Trinajstić information content (AvgIpc) is 3.32. The molecule has 2 aliphatic rings. The number of hydrogen-bond donors (Lipinski definition) is 1. The molecule has 0 fully saturated rings. The van der Waals surface area contributed by atoms with E-state index in [1.54, 1.807) is 0 Å². The molecule has 0 aromatic carbocycles. The molecule has 0 unspecified atom stereocenters. The summed E-state index contributed by atoms with van der Waals surface area (Å²) in [7, 11) is 0. The number of anilines is 1. The van der Waals surface area contributed by atoms with Crippen LogP contribution in [0.3, 0.4) is 0 Å². The number of halogens is 3. The molecule has 2 aromatic heterocycles. The number of aldehydes is 1. The molecule has 0 bridgehead atoms. The maximum absolute atomic E-state index is 13.0. The van der Waals surface area contributed by atoms with E-state index in [2.05, 4.69) is 10.3 Å². The number of allylic oxidation sites excluding steroid dienone is 1. The zero-order valence-electron chi connectivity index (χ0n) is 15.2. The number of aromatic nitrogens is 1. The molecule has 154 valence electrons. The largest absolute Gasteiger partial charge is 0.434 e. The van der Waals surface area contributed by atoms with Crippen LogP contribution >= 0.6 is 22.7 Å². The fourth-order valence-corrected chi connectivity index (χ4v) is 5.71. The van der Waals surface area contributed by atoms with Crippen LogP contribution in [0.25, 0.3) is 10.6 Å². The normalized spacial score (nSPS) is 17.2. The highest BCUT2D eigenvalue weighted by Gasteiger charge is 2.35. The molecular weight excluding hydrogens is 425 g/mol. The summed E-state index contributed by atoms with van der Waals surface area (Å²) >= 11 is 2.20. The van der Waals surface area contributed by atoms with Gasteiger partial charge in [-0.15, -0.1) is 22.7 Å². The van der Waals surface area contributed by atoms with E-state index in [0.717, 1.165) is 46.3 Å². The maximum Gasteiger partial charge on any atom is 0.434 e. The Morgan fingerprint density at radius 2 is 2.03 bits per heavy atom. The Hall–Kier alpha value is -2.04. The Kier molecular flexibility index (Phi) is 5.58. The first-order valence-electron chi connectivity index (χ1n) is 9.12. The zero-order valence-corrected chi connectivity index (χ0v) is 16.9. The number of nitrogens with one attached hydrogen (secondary N) is 1. The van der Waals surface area contributed by atoms with Gasteiger partial charge in [0.25, 0.3) is 5.91 Å². The second-order valence-electron chi connectivity index (χ2n) is 6.83. The van der Waals surface area contributed by atoms with E-state index in [1.165, 1.54) is 11.3 Å². The molecule has 2 aromatic rings. The number of carbonyl (C=O) groups is 2. The van der Waals surface area contributed by atoms with Crippen molar-refractivity contribution in [2.45, 2.75) is 44.9 Å². The number of amides is 1. The van der Waals surface area contributed by atoms with Crippen LogP contribution < -0.4 is 5.32 Å². The number of hydrogen-bond acceptors (Lipinski definition) is 6. The minimum absolute atomic E-state index is 0.222. The Morgan fingerprint density at radius 1 is 1.24 bits per heavy atom. The van der Waals surface area contributed by atoms with Crippen LogP contribution in [0, 0.1) is 0 Å². The summed E-state index contributed by atoms with van der Waals surface area (Å²) in [5.74, 6) is -0.375. The summed E-state index contributed by atoms with van der Waals surface area (Å²) in [6.45, 7) is 0.810. The smallest absolute Gasteiger partial charge is 0.376 e. The number of carbonyl (C=O) groups excluding carboxylic acids is 2. The Labute approximate surface area is 172 Å². The van der Waals surface area contributed by atoms with Crippen molar-refractivity contribution in [1.29, 1.82) is 0 Å². The second kappa shape index (κ2) is 8.00. The number of rotatable bonds is 4. The molecule has 0 radical (unpaired) electrons. The number of alkyl halides is 3. The summed E-state index contributed by atoms with van der Waals surface area (Å²) in [5, 5.41) is 4.50. The van der Waals surface area contributed by atoms with E-state index in [1.807, 2.05) is 0 Å². The van der Waals surface area contributed by atoms with Gasteiger partial charge in [0.15, 0.2) is 5.69 Å². The van der Waals surface area contributed by atoms with Crippen molar-refractivity contribution in [3.8, 4) is 10.6 Å². The minimum Gasteiger partial charge on any atom is -0.376 e. The van der Waals surface area contributed by atoms with Crippen molar-refractivity contribution in [2.24, 2.45) is 0 Å². The summed E-state index contributed by atoms with van der Waals surface area (Å²) in [4.78, 5) is 28.8. The quantitative estimate of drug-likeness (QED) is 0.679. The summed E-state index contributed by atoms with van der Waals surface area (Å²) in [6.07, 6.45) is -0.500. The molecule has 1 aliphatic carbocycles. The number of nitrogens with zero attached hydrogens (tertiary/aromatic N) is 1. The first-order valence-corrected chi connectivity index (χ1v) is 10.8. The first-order chi connectivity index (χ1) is 13.9. The van der Waals surface area contributed by atoms with E-state index in [9.17, 15) is 22.8 Å². The SMILES string of the molecule is O=CC1=C(C(=O)Nc2sc3c(c2-c2nc(C(F)(F)F)cs2)CCOC3)CCCC1. The molecule has 0 saturated carbocycles. The monoisotopic (exact) mass is 442 g/mol. The Bertz CT molecular complexity index is 991. The molecule has 1 N–H and O–H groups in total. The van der Waals surface area contributed by atoms with E-state index in [4.69, 9.17) is 4.74 Å². The van der Waals surface area contributed by atoms with Crippen LogP contribution in [-0.4, -0.2) is 23.8 Å². The van der Waals surface area contributed by atoms with Crippen molar-refractivity contribution in [1.82, 2.24) is 4.98 Å². The molecule has 1 aliphatic heterocycles. The second-order valence-corrected chi connectivity index (χ2v) is 8.79. The van der Waals surface area contributed by atoms with Crippen molar-refractivity contribution in [3.05, 3.63) is 32.7 Å². The number of ether oxygens (including phenoxy) is 1. The van der Waals surface area contributed by atoms with Gasteiger partial charge in [-0.05, 0) is 37.7 Å². The lowest BCUT2D eigenvalue weighted by molar-refractivity contribution is -0.140. The van der Waals surface area contributed by atoms with Gasteiger partial charge >= 0.3 is 6.18 Å². The Balaban J connectivity index is 1.73. The number of thiazole rings is 1. The van der Waals surface area contributed by atoms with Crippen LogP contribution in [0.2, 0.25) is 0 Å². The molecule has 3 heterocycles. The molecule has 1 amide bonds. The zero-order chi connectivity index (χ0) is 20.6. The molecular formula is C19H17F3N2O3S2. The molecule has 0 spiro atoms. The van der Waals surface area contributed by atoms with Gasteiger partial charge in [0.1, 0.15) is 16.3 Å². The van der Waals surface area contributed by atoms with Crippen LogP contribution in [0.15, 0.2) is 16.5 Å². The fraction of sp³-hybridized carbons (Fsp3) is 0.421. The van der Waals surface area contributed by atoms with Gasteiger partial charge in [0.05, 0.1) is 13.2 Å². The van der Waals surface area contributed by atoms with Crippen LogP contribution in [0.4, 0.5) is 18.2 Å². The predicted molar refractivity (Wildman–Crippen MR) is 104 cm³/mol. The molecule has 5 nitrogen and oxygen atoms in total. The number of fused-ring (bicyclic) bond motifs is 1. The molecule has 0 saturated heterocycles. The van der Waals surface area contributed by atoms with E-state index >= 15 is 0 Å². The lowest BCUT2D eigenvalue weighted by atomic mass is 9.92. The van der Waals surface area contributed by atoms with Gasteiger partial charge in [0, 0.05) is 27.0 Å². The van der Waals surface area contributed by atoms with Crippen molar-refractivity contribution < 1.29 is 27.5 Å². The standard InChI is InChI=1S/C19H17F3N2O3S2/c20-19(21,22)14-9-28-17(23-14)15-12-5-6-27-8-13(12)29-18(15)24-16(26)11-4-2-1-3-10(11)7-25/h7,9H,1-6,8H2,(H,24,26). The molecule has 0 atom stereocenters. The summed E-state index contributed by atoms with van der Waals surface area (Å²) in [6, 6.07) is 0. The van der Waals surface area contributed by atoms with Gasteiger partial charge in [-0.25, -0.2) is 4.98 Å². The highest BCUT2D eigenvalue weighted by Crippen LogP contribution is 2.45. The van der Waals surface area contributed by atoms with E-state index in [-0.39, 0.29) is 10.9 Å². The lowest BCUT2D eigenvalue weighted by Gasteiger charge is -2.16. The molecule has 29 heavy (non-hydrogen) atoms. The molecule has 10 heteroatoms. The third-order valence-corrected chi connectivity index (χ3v) is 6.96.